The first-order valence-corrected chi connectivity index (χ1v) is 13.1. The van der Waals surface area contributed by atoms with Crippen LogP contribution in [0.25, 0.3) is 0 Å². The summed E-state index contributed by atoms with van der Waals surface area (Å²) < 4.78 is 0. The normalized spacial score (nSPS) is 52.8. The largest absolute Gasteiger partial charge is 0.396 e. The minimum atomic E-state index is -0.856. The van der Waals surface area contributed by atoms with Gasteiger partial charge in [-0.3, -0.25) is 0 Å². The quantitative estimate of drug-likeness (QED) is 0.414. The second-order valence-corrected chi connectivity index (χ2v) is 12.4. The number of aliphatic hydroxyl groups is 5. The fourth-order valence-corrected chi connectivity index (χ4v) is 9.11. The molecule has 0 radical (unpaired) electrons. The fraction of sp³-hybridized carbons (Fsp3) is 0.926. The van der Waals surface area contributed by atoms with E-state index in [1.165, 1.54) is 0 Å². The van der Waals surface area contributed by atoms with Gasteiger partial charge in [0.1, 0.15) is 0 Å². The van der Waals surface area contributed by atoms with E-state index in [4.69, 9.17) is 0 Å². The molecule has 32 heavy (non-hydrogen) atoms. The Hall–Kier alpha value is -0.460. The van der Waals surface area contributed by atoms with Crippen molar-refractivity contribution < 1.29 is 25.5 Å². The summed E-state index contributed by atoms with van der Waals surface area (Å²) in [5.74, 6) is 1.65. The number of fused-ring (bicyclic) bond motifs is 5. The third kappa shape index (κ3) is 3.80. The molecular weight excluding hydrogens is 404 g/mol. The van der Waals surface area contributed by atoms with Gasteiger partial charge < -0.3 is 25.5 Å². The molecule has 5 N–H and O–H groups in total. The van der Waals surface area contributed by atoms with Crippen molar-refractivity contribution in [3.63, 3.8) is 0 Å². The SMILES string of the molecule is C[C@H](/C=C/[C@@H](C)[C@H]1C[C@@H](O)[C@H]2[C@@H]3C[C@H](O)[C@H]4[C@H](O)[C@@H](O)CC[C@]4(C)[C@H]3CC[C@@]21C)CCO. The van der Waals surface area contributed by atoms with Crippen molar-refractivity contribution >= 4 is 0 Å². The van der Waals surface area contributed by atoms with Crippen LogP contribution in [0, 0.1) is 52.3 Å². The first-order valence-electron chi connectivity index (χ1n) is 13.1. The Morgan fingerprint density at radius 3 is 2.19 bits per heavy atom. The predicted molar refractivity (Wildman–Crippen MR) is 125 cm³/mol. The summed E-state index contributed by atoms with van der Waals surface area (Å²) >= 11 is 0. The van der Waals surface area contributed by atoms with E-state index in [-0.39, 0.29) is 41.3 Å². The molecule has 0 unspecified atom stereocenters. The maximum absolute atomic E-state index is 11.3. The van der Waals surface area contributed by atoms with Gasteiger partial charge in [-0.05, 0) is 91.3 Å². The average molecular weight is 451 g/mol. The number of allylic oxidation sites excluding steroid dienone is 2. The lowest BCUT2D eigenvalue weighted by molar-refractivity contribution is -0.217. The predicted octanol–water partition coefficient (Wildman–Crippen LogP) is 3.13. The van der Waals surface area contributed by atoms with E-state index in [2.05, 4.69) is 39.8 Å². The topological polar surface area (TPSA) is 101 Å². The van der Waals surface area contributed by atoms with Gasteiger partial charge in [-0.1, -0.05) is 39.8 Å². The Balaban J connectivity index is 1.58. The van der Waals surface area contributed by atoms with Gasteiger partial charge in [0.05, 0.1) is 24.4 Å². The summed E-state index contributed by atoms with van der Waals surface area (Å²) in [6.07, 6.45) is 7.71. The van der Waals surface area contributed by atoms with Crippen LogP contribution in [0.5, 0.6) is 0 Å². The highest BCUT2D eigenvalue weighted by Gasteiger charge is 2.65. The third-order valence-electron chi connectivity index (χ3n) is 10.7. The van der Waals surface area contributed by atoms with Crippen LogP contribution in [-0.4, -0.2) is 56.6 Å². The van der Waals surface area contributed by atoms with Crippen molar-refractivity contribution in [1.29, 1.82) is 0 Å². The van der Waals surface area contributed by atoms with Crippen molar-refractivity contribution in [3.8, 4) is 0 Å². The van der Waals surface area contributed by atoms with E-state index in [9.17, 15) is 25.5 Å². The van der Waals surface area contributed by atoms with Gasteiger partial charge >= 0.3 is 0 Å². The van der Waals surface area contributed by atoms with Gasteiger partial charge in [-0.15, -0.1) is 0 Å². The van der Waals surface area contributed by atoms with E-state index >= 15 is 0 Å². The summed E-state index contributed by atoms with van der Waals surface area (Å²) in [6.45, 7) is 9.21. The lowest BCUT2D eigenvalue weighted by atomic mass is 9.43. The van der Waals surface area contributed by atoms with Crippen molar-refractivity contribution in [1.82, 2.24) is 0 Å². The molecule has 0 heterocycles. The third-order valence-corrected chi connectivity index (χ3v) is 10.7. The Morgan fingerprint density at radius 2 is 1.50 bits per heavy atom. The van der Waals surface area contributed by atoms with E-state index in [0.717, 1.165) is 32.1 Å². The van der Waals surface area contributed by atoms with Crippen molar-refractivity contribution in [2.75, 3.05) is 6.61 Å². The molecule has 4 rings (SSSR count). The summed E-state index contributed by atoms with van der Waals surface area (Å²) in [7, 11) is 0. The summed E-state index contributed by atoms with van der Waals surface area (Å²) in [4.78, 5) is 0. The van der Waals surface area contributed by atoms with Crippen LogP contribution in [0.1, 0.15) is 72.6 Å². The molecule has 5 heteroatoms. The molecule has 0 aliphatic heterocycles. The van der Waals surface area contributed by atoms with Gasteiger partial charge in [0, 0.05) is 12.5 Å². The second-order valence-electron chi connectivity index (χ2n) is 12.4. The highest BCUT2D eigenvalue weighted by Crippen LogP contribution is 2.68. The second kappa shape index (κ2) is 8.96. The van der Waals surface area contributed by atoms with Crippen LogP contribution < -0.4 is 0 Å². The lowest BCUT2D eigenvalue weighted by Crippen LogP contribution is -2.63. The Morgan fingerprint density at radius 1 is 0.844 bits per heavy atom. The van der Waals surface area contributed by atoms with E-state index in [0.29, 0.717) is 36.5 Å². The standard InChI is InChI=1S/C27H46O5/c1-15(9-12-28)5-6-16(2)19-14-22(31)23-17-13-21(30)24-25(32)20(29)8-11-26(24,3)18(17)7-10-27(19,23)4/h5-6,15-25,28-32H,7-14H2,1-4H3/b6-5+/t15-,16-,17-,18+,19-,20+,21+,22-,23-,24+,25-,26-,27-/m1/s1. The van der Waals surface area contributed by atoms with Crippen molar-refractivity contribution in [2.24, 2.45) is 52.3 Å². The number of rotatable bonds is 5. The van der Waals surface area contributed by atoms with E-state index in [1.807, 2.05) is 0 Å². The first kappa shape index (κ1) is 24.7. The highest BCUT2D eigenvalue weighted by molar-refractivity contribution is 5.15. The van der Waals surface area contributed by atoms with Crippen LogP contribution in [0.2, 0.25) is 0 Å². The molecule has 184 valence electrons. The zero-order valence-corrected chi connectivity index (χ0v) is 20.4. The van der Waals surface area contributed by atoms with Gasteiger partial charge in [0.15, 0.2) is 0 Å². The Labute approximate surface area is 193 Å². The molecule has 0 aromatic carbocycles. The highest BCUT2D eigenvalue weighted by atomic mass is 16.3. The molecule has 0 saturated heterocycles. The first-order chi connectivity index (χ1) is 15.0. The molecule has 4 aliphatic carbocycles. The van der Waals surface area contributed by atoms with Crippen LogP contribution >= 0.6 is 0 Å². The van der Waals surface area contributed by atoms with Crippen LogP contribution in [0.4, 0.5) is 0 Å². The lowest BCUT2D eigenvalue weighted by Gasteiger charge is -2.63. The van der Waals surface area contributed by atoms with Crippen LogP contribution in [0.15, 0.2) is 12.2 Å². The summed E-state index contributed by atoms with van der Waals surface area (Å²) in [5.41, 5.74) is -0.147. The molecule has 4 fully saturated rings. The summed E-state index contributed by atoms with van der Waals surface area (Å²) in [6, 6.07) is 0. The van der Waals surface area contributed by atoms with Crippen molar-refractivity contribution in [3.05, 3.63) is 12.2 Å². The molecule has 4 saturated carbocycles. The summed E-state index contributed by atoms with van der Waals surface area (Å²) in [5, 5.41) is 52.7. The smallest absolute Gasteiger partial charge is 0.0857 e. The minimum absolute atomic E-state index is 0.0419. The molecule has 0 aromatic heterocycles. The Bertz CT molecular complexity index is 696. The van der Waals surface area contributed by atoms with Gasteiger partial charge in [0.25, 0.3) is 0 Å². The molecule has 13 atom stereocenters. The molecule has 5 nitrogen and oxygen atoms in total. The average Bonchev–Trinajstić information content (AvgIpc) is 3.00. The zero-order chi connectivity index (χ0) is 23.4. The Kier molecular flexibility index (Phi) is 6.90. The zero-order valence-electron chi connectivity index (χ0n) is 20.4. The van der Waals surface area contributed by atoms with Crippen molar-refractivity contribution in [2.45, 2.75) is 97.1 Å². The monoisotopic (exact) mass is 450 g/mol. The minimum Gasteiger partial charge on any atom is -0.396 e. The van der Waals surface area contributed by atoms with Crippen LogP contribution in [0.3, 0.4) is 0 Å². The van der Waals surface area contributed by atoms with E-state index in [1.54, 1.807) is 0 Å². The maximum atomic E-state index is 11.3. The molecule has 4 aliphatic rings. The maximum Gasteiger partial charge on any atom is 0.0857 e. The molecule has 0 aromatic rings. The number of hydrogen-bond donors (Lipinski definition) is 5. The van der Waals surface area contributed by atoms with Gasteiger partial charge in [-0.25, -0.2) is 0 Å². The van der Waals surface area contributed by atoms with E-state index < -0.39 is 18.3 Å². The number of aliphatic hydroxyl groups excluding tert-OH is 5. The fourth-order valence-electron chi connectivity index (χ4n) is 9.11. The van der Waals surface area contributed by atoms with Gasteiger partial charge in [-0.2, -0.15) is 0 Å². The van der Waals surface area contributed by atoms with Gasteiger partial charge in [0.2, 0.25) is 0 Å². The van der Waals surface area contributed by atoms with Crippen LogP contribution in [-0.2, 0) is 0 Å². The number of hydrogen-bond acceptors (Lipinski definition) is 5. The molecular formula is C27H46O5. The molecule has 0 amide bonds. The molecule has 0 spiro atoms. The molecule has 0 bridgehead atoms.